The second-order valence-electron chi connectivity index (χ2n) is 6.85. The van der Waals surface area contributed by atoms with Gasteiger partial charge in [-0.15, -0.1) is 0 Å². The first-order valence-corrected chi connectivity index (χ1v) is 11.3. The van der Waals surface area contributed by atoms with Crippen LogP contribution >= 0.6 is 15.9 Å². The summed E-state index contributed by atoms with van der Waals surface area (Å²) < 4.78 is 23.9. The molecule has 7 heteroatoms. The lowest BCUT2D eigenvalue weighted by atomic mass is 9.87. The zero-order valence-electron chi connectivity index (χ0n) is 15.2. The van der Waals surface area contributed by atoms with Crippen molar-refractivity contribution in [3.05, 3.63) is 63.6 Å². The Balaban J connectivity index is 1.93. The molecule has 2 N–H and O–H groups in total. The molecule has 1 aliphatic carbocycles. The second-order valence-corrected chi connectivity index (χ2v) is 9.27. The minimum atomic E-state index is -3.87. The van der Waals surface area contributed by atoms with Crippen LogP contribution in [0.25, 0.3) is 0 Å². The van der Waals surface area contributed by atoms with E-state index in [9.17, 15) is 13.2 Å². The quantitative estimate of drug-likeness (QED) is 0.756. The van der Waals surface area contributed by atoms with Gasteiger partial charge in [-0.2, -0.15) is 0 Å². The fourth-order valence-electron chi connectivity index (χ4n) is 3.64. The molecule has 0 heterocycles. The number of aryl methyl sites for hydroxylation is 1. The molecule has 2 aromatic carbocycles. The minimum absolute atomic E-state index is 0.0560. The van der Waals surface area contributed by atoms with Crippen molar-refractivity contribution < 1.29 is 13.2 Å². The lowest BCUT2D eigenvalue weighted by Crippen LogP contribution is -2.44. The maximum Gasteiger partial charge on any atom is 0.255 e. The zero-order valence-corrected chi connectivity index (χ0v) is 17.6. The van der Waals surface area contributed by atoms with Crippen LogP contribution in [0.5, 0.6) is 0 Å². The Bertz CT molecular complexity index is 959. The van der Waals surface area contributed by atoms with Gasteiger partial charge in [0.2, 0.25) is 10.0 Å². The first-order chi connectivity index (χ1) is 12.8. The van der Waals surface area contributed by atoms with Crippen LogP contribution in [0.2, 0.25) is 0 Å². The standard InChI is InChI=1S/C20H23BrN2O3S/c1-2-11-23(16-8-7-14-5-3-4-6-15(14)12-16)20(24)18-13-17(27(22,25)26)9-10-19(18)21/h3-6,9-10,13,16H,2,7-8,11-12H2,1H3,(H2,22,25,26). The number of amides is 1. The van der Waals surface area contributed by atoms with E-state index in [4.69, 9.17) is 5.14 Å². The van der Waals surface area contributed by atoms with Crippen LogP contribution in [0.1, 0.15) is 41.3 Å². The highest BCUT2D eigenvalue weighted by Gasteiger charge is 2.29. The molecule has 0 radical (unpaired) electrons. The van der Waals surface area contributed by atoms with Crippen molar-refractivity contribution in [1.82, 2.24) is 4.90 Å². The molecule has 5 nitrogen and oxygen atoms in total. The van der Waals surface area contributed by atoms with Crippen molar-refractivity contribution in [3.63, 3.8) is 0 Å². The van der Waals surface area contributed by atoms with Crippen molar-refractivity contribution >= 4 is 31.9 Å². The van der Waals surface area contributed by atoms with E-state index >= 15 is 0 Å². The Hall–Kier alpha value is -1.70. The van der Waals surface area contributed by atoms with Gasteiger partial charge in [0.1, 0.15) is 0 Å². The largest absolute Gasteiger partial charge is 0.335 e. The molecule has 3 rings (SSSR count). The number of nitrogens with zero attached hydrogens (tertiary/aromatic N) is 1. The molecule has 1 amide bonds. The van der Waals surface area contributed by atoms with E-state index in [-0.39, 0.29) is 16.8 Å². The number of primary sulfonamides is 1. The van der Waals surface area contributed by atoms with Gasteiger partial charge in [-0.05, 0) is 70.9 Å². The lowest BCUT2D eigenvalue weighted by molar-refractivity contribution is 0.0660. The number of rotatable bonds is 5. The smallest absolute Gasteiger partial charge is 0.255 e. The summed E-state index contributed by atoms with van der Waals surface area (Å²) in [6.45, 7) is 2.66. The van der Waals surface area contributed by atoms with Crippen molar-refractivity contribution in [2.45, 2.75) is 43.5 Å². The van der Waals surface area contributed by atoms with Gasteiger partial charge in [-0.25, -0.2) is 13.6 Å². The maximum absolute atomic E-state index is 13.3. The van der Waals surface area contributed by atoms with Crippen molar-refractivity contribution in [3.8, 4) is 0 Å². The normalized spacial score (nSPS) is 16.6. The molecule has 1 aliphatic rings. The maximum atomic E-state index is 13.3. The van der Waals surface area contributed by atoms with Gasteiger partial charge in [0.15, 0.2) is 0 Å². The first-order valence-electron chi connectivity index (χ1n) is 9.01. The Morgan fingerprint density at radius 3 is 2.59 bits per heavy atom. The van der Waals surface area contributed by atoms with Gasteiger partial charge >= 0.3 is 0 Å². The number of fused-ring (bicyclic) bond motifs is 1. The molecular weight excluding hydrogens is 428 g/mol. The highest BCUT2D eigenvalue weighted by Crippen LogP contribution is 2.28. The molecular formula is C20H23BrN2O3S. The van der Waals surface area contributed by atoms with Gasteiger partial charge in [0.05, 0.1) is 10.5 Å². The molecule has 0 saturated carbocycles. The van der Waals surface area contributed by atoms with E-state index in [0.717, 1.165) is 25.7 Å². The topological polar surface area (TPSA) is 80.5 Å². The predicted octanol–water partition coefficient (Wildman–Crippen LogP) is 3.51. The Morgan fingerprint density at radius 1 is 1.22 bits per heavy atom. The summed E-state index contributed by atoms with van der Waals surface area (Å²) >= 11 is 3.38. The molecule has 144 valence electrons. The van der Waals surface area contributed by atoms with E-state index in [2.05, 4.69) is 28.1 Å². The third kappa shape index (κ3) is 4.42. The Morgan fingerprint density at radius 2 is 1.93 bits per heavy atom. The molecule has 0 saturated heterocycles. The number of carbonyl (C=O) groups excluding carboxylic acids is 1. The third-order valence-electron chi connectivity index (χ3n) is 4.98. The summed E-state index contributed by atoms with van der Waals surface area (Å²) in [5, 5.41) is 5.24. The molecule has 0 bridgehead atoms. The molecule has 0 fully saturated rings. The van der Waals surface area contributed by atoms with Crippen LogP contribution in [0.15, 0.2) is 51.8 Å². The molecule has 0 aromatic heterocycles. The number of nitrogens with two attached hydrogens (primary N) is 1. The zero-order chi connectivity index (χ0) is 19.6. The third-order valence-corrected chi connectivity index (χ3v) is 6.59. The van der Waals surface area contributed by atoms with Gasteiger partial charge in [-0.1, -0.05) is 31.2 Å². The summed E-state index contributed by atoms with van der Waals surface area (Å²) in [5.74, 6) is -0.168. The van der Waals surface area contributed by atoms with Gasteiger partial charge in [0.25, 0.3) is 5.91 Å². The Labute approximate surface area is 168 Å². The van der Waals surface area contributed by atoms with Crippen LogP contribution in [0.4, 0.5) is 0 Å². The van der Waals surface area contributed by atoms with Crippen LogP contribution in [0.3, 0.4) is 0 Å². The van der Waals surface area contributed by atoms with E-state index in [0.29, 0.717) is 16.6 Å². The molecule has 27 heavy (non-hydrogen) atoms. The first kappa shape index (κ1) is 20.0. The Kier molecular flexibility index (Phi) is 6.03. The number of carbonyl (C=O) groups is 1. The fraction of sp³-hybridized carbons (Fsp3) is 0.350. The average Bonchev–Trinajstić information content (AvgIpc) is 2.64. The van der Waals surface area contributed by atoms with E-state index < -0.39 is 10.0 Å². The minimum Gasteiger partial charge on any atom is -0.335 e. The van der Waals surface area contributed by atoms with Gasteiger partial charge in [0, 0.05) is 17.1 Å². The summed E-state index contributed by atoms with van der Waals surface area (Å²) in [5.41, 5.74) is 2.95. The number of sulfonamides is 1. The van der Waals surface area contributed by atoms with Crippen molar-refractivity contribution in [2.75, 3.05) is 6.54 Å². The van der Waals surface area contributed by atoms with E-state index in [1.165, 1.54) is 23.3 Å². The number of halogens is 1. The number of hydrogen-bond acceptors (Lipinski definition) is 3. The van der Waals surface area contributed by atoms with Crippen LogP contribution in [0, 0.1) is 0 Å². The highest BCUT2D eigenvalue weighted by molar-refractivity contribution is 9.10. The van der Waals surface area contributed by atoms with Crippen LogP contribution < -0.4 is 5.14 Å². The lowest BCUT2D eigenvalue weighted by Gasteiger charge is -2.35. The number of hydrogen-bond donors (Lipinski definition) is 1. The van der Waals surface area contributed by atoms with Gasteiger partial charge < -0.3 is 4.90 Å². The van der Waals surface area contributed by atoms with E-state index in [1.807, 2.05) is 24.0 Å². The summed E-state index contributed by atoms with van der Waals surface area (Å²) in [7, 11) is -3.87. The molecule has 0 spiro atoms. The average molecular weight is 451 g/mol. The summed E-state index contributed by atoms with van der Waals surface area (Å²) in [4.78, 5) is 15.1. The second kappa shape index (κ2) is 8.12. The van der Waals surface area contributed by atoms with Crippen molar-refractivity contribution in [2.24, 2.45) is 5.14 Å². The summed E-state index contributed by atoms with van der Waals surface area (Å²) in [6.07, 6.45) is 3.48. The SMILES string of the molecule is CCCN(C(=O)c1cc(S(N)(=O)=O)ccc1Br)C1CCc2ccccc2C1. The number of benzene rings is 2. The molecule has 1 atom stereocenters. The van der Waals surface area contributed by atoms with Crippen LogP contribution in [-0.2, 0) is 22.9 Å². The summed E-state index contributed by atoms with van der Waals surface area (Å²) in [6, 6.07) is 12.8. The van der Waals surface area contributed by atoms with Crippen molar-refractivity contribution in [1.29, 1.82) is 0 Å². The van der Waals surface area contributed by atoms with Gasteiger partial charge in [-0.3, -0.25) is 4.79 Å². The molecule has 1 unspecified atom stereocenters. The fourth-order valence-corrected chi connectivity index (χ4v) is 4.59. The van der Waals surface area contributed by atoms with E-state index in [1.54, 1.807) is 6.07 Å². The molecule has 2 aromatic rings. The predicted molar refractivity (Wildman–Crippen MR) is 109 cm³/mol. The van der Waals surface area contributed by atoms with Crippen LogP contribution in [-0.4, -0.2) is 31.8 Å². The highest BCUT2D eigenvalue weighted by atomic mass is 79.9. The monoisotopic (exact) mass is 450 g/mol. The molecule has 0 aliphatic heterocycles.